The average molecular weight is 239 g/mol. The Morgan fingerprint density at radius 3 is 3.19 bits per heavy atom. The van der Waals surface area contributed by atoms with E-state index < -0.39 is 0 Å². The second-order valence-electron chi connectivity index (χ2n) is 3.01. The minimum absolute atomic E-state index is 0.0168. The van der Waals surface area contributed by atoms with E-state index in [-0.39, 0.29) is 11.8 Å². The molecule has 4 N–H and O–H groups in total. The van der Waals surface area contributed by atoms with Crippen LogP contribution in [0.2, 0.25) is 0 Å². The molecular formula is C9H11N4O2S+. The van der Waals surface area contributed by atoms with Gasteiger partial charge in [-0.2, -0.15) is 4.98 Å². The Labute approximate surface area is 95.5 Å². The van der Waals surface area contributed by atoms with Crippen LogP contribution < -0.4 is 11.1 Å². The van der Waals surface area contributed by atoms with Gasteiger partial charge in [-0.25, -0.2) is 0 Å². The van der Waals surface area contributed by atoms with Crippen molar-refractivity contribution in [3.63, 3.8) is 0 Å². The Morgan fingerprint density at radius 2 is 2.50 bits per heavy atom. The molecule has 0 saturated heterocycles. The van der Waals surface area contributed by atoms with Gasteiger partial charge < -0.3 is 15.6 Å². The first-order valence-corrected chi connectivity index (χ1v) is 5.64. The summed E-state index contributed by atoms with van der Waals surface area (Å²) in [6.07, 6.45) is 0. The highest BCUT2D eigenvalue weighted by molar-refractivity contribution is 7.13. The first kappa shape index (κ1) is 10.8. The number of aromatic nitrogens is 2. The van der Waals surface area contributed by atoms with E-state index >= 15 is 0 Å². The van der Waals surface area contributed by atoms with Crippen molar-refractivity contribution in [3.05, 3.63) is 23.4 Å². The van der Waals surface area contributed by atoms with Gasteiger partial charge in [0.25, 0.3) is 0 Å². The number of thiophene rings is 1. The number of rotatable bonds is 4. The van der Waals surface area contributed by atoms with Crippen LogP contribution in [0, 0.1) is 0 Å². The van der Waals surface area contributed by atoms with Gasteiger partial charge in [-0.05, 0) is 11.4 Å². The number of carbonyl (C=O) groups excluding carboxylic acids is 1. The maximum Gasteiger partial charge on any atom is 0.316 e. The van der Waals surface area contributed by atoms with Gasteiger partial charge in [-0.3, -0.25) is 4.79 Å². The van der Waals surface area contributed by atoms with Crippen LogP contribution in [-0.2, 0) is 0 Å². The zero-order valence-corrected chi connectivity index (χ0v) is 9.29. The molecule has 6 nitrogen and oxygen atoms in total. The maximum atomic E-state index is 11.5. The van der Waals surface area contributed by atoms with Crippen molar-refractivity contribution in [2.45, 2.75) is 0 Å². The van der Waals surface area contributed by atoms with E-state index in [0.717, 1.165) is 4.88 Å². The third-order valence-corrected chi connectivity index (χ3v) is 2.69. The molecule has 2 rings (SSSR count). The van der Waals surface area contributed by atoms with Crippen molar-refractivity contribution in [2.75, 3.05) is 13.1 Å². The molecule has 0 aliphatic carbocycles. The van der Waals surface area contributed by atoms with Gasteiger partial charge in [0, 0.05) is 0 Å². The summed E-state index contributed by atoms with van der Waals surface area (Å²) in [5.74, 6) is 0.0607. The minimum atomic E-state index is -0.362. The lowest BCUT2D eigenvalue weighted by atomic mass is 10.4. The van der Waals surface area contributed by atoms with E-state index in [1.165, 1.54) is 11.3 Å². The molecule has 0 fully saturated rings. The first-order valence-electron chi connectivity index (χ1n) is 4.76. The second-order valence-corrected chi connectivity index (χ2v) is 3.96. The van der Waals surface area contributed by atoms with Crippen LogP contribution in [-0.4, -0.2) is 29.1 Å². The summed E-state index contributed by atoms with van der Waals surface area (Å²) in [6, 6.07) is 3.76. The number of carbonyl (C=O) groups is 1. The van der Waals surface area contributed by atoms with Crippen LogP contribution in [0.4, 0.5) is 0 Å². The largest absolute Gasteiger partial charge is 0.356 e. The van der Waals surface area contributed by atoms with E-state index in [4.69, 9.17) is 4.52 Å². The Balaban J connectivity index is 2.11. The van der Waals surface area contributed by atoms with Crippen molar-refractivity contribution < 1.29 is 15.1 Å². The Bertz CT molecular complexity index is 466. The molecule has 0 aliphatic heterocycles. The van der Waals surface area contributed by atoms with Crippen molar-refractivity contribution >= 4 is 17.2 Å². The number of nitrogens with one attached hydrogen (secondary N) is 1. The maximum absolute atomic E-state index is 11.5. The molecule has 0 bridgehead atoms. The molecule has 0 radical (unpaired) electrons. The molecule has 0 aromatic carbocycles. The van der Waals surface area contributed by atoms with E-state index in [1.807, 2.05) is 17.5 Å². The van der Waals surface area contributed by atoms with Crippen LogP contribution >= 0.6 is 11.3 Å². The van der Waals surface area contributed by atoms with Crippen LogP contribution in [0.15, 0.2) is 22.0 Å². The van der Waals surface area contributed by atoms with Crippen LogP contribution in [0.5, 0.6) is 0 Å². The fourth-order valence-corrected chi connectivity index (χ4v) is 1.75. The lowest BCUT2D eigenvalue weighted by molar-refractivity contribution is -0.364. The summed E-state index contributed by atoms with van der Waals surface area (Å²) < 4.78 is 4.86. The summed E-state index contributed by atoms with van der Waals surface area (Å²) in [6.45, 7) is 1.12. The number of nitrogens with zero attached hydrogens (tertiary/aromatic N) is 2. The highest BCUT2D eigenvalue weighted by Gasteiger charge is 2.15. The molecule has 2 aromatic rings. The fourth-order valence-electron chi connectivity index (χ4n) is 1.10. The quantitative estimate of drug-likeness (QED) is 0.770. The van der Waals surface area contributed by atoms with E-state index in [2.05, 4.69) is 21.2 Å². The van der Waals surface area contributed by atoms with Crippen molar-refractivity contribution in [2.24, 2.45) is 0 Å². The van der Waals surface area contributed by atoms with Gasteiger partial charge in [0.2, 0.25) is 5.82 Å². The molecule has 2 heterocycles. The third-order valence-electron chi connectivity index (χ3n) is 1.82. The predicted molar refractivity (Wildman–Crippen MR) is 57.7 cm³/mol. The molecule has 0 unspecified atom stereocenters. The van der Waals surface area contributed by atoms with Gasteiger partial charge in [0.05, 0.1) is 18.0 Å². The summed E-state index contributed by atoms with van der Waals surface area (Å²) in [4.78, 5) is 16.3. The monoisotopic (exact) mass is 239 g/mol. The molecule has 2 aromatic heterocycles. The predicted octanol–water partition coefficient (Wildman–Crippen LogP) is -0.230. The lowest BCUT2D eigenvalue weighted by Gasteiger charge is -1.94. The highest BCUT2D eigenvalue weighted by Crippen LogP contribution is 2.20. The standard InChI is InChI=1S/C9H10N4O2S/c10-3-4-11-8(14)9-12-7(13-15-9)6-2-1-5-16-6/h1-2,5H,3-4,10H2,(H,11,14)/p+1. The Hall–Kier alpha value is -1.73. The molecule has 7 heteroatoms. The topological polar surface area (TPSA) is 95.7 Å². The lowest BCUT2D eigenvalue weighted by Crippen LogP contribution is -2.54. The van der Waals surface area contributed by atoms with Gasteiger partial charge in [-0.1, -0.05) is 11.2 Å². The summed E-state index contributed by atoms with van der Waals surface area (Å²) in [7, 11) is 0. The van der Waals surface area contributed by atoms with E-state index in [0.29, 0.717) is 18.9 Å². The summed E-state index contributed by atoms with van der Waals surface area (Å²) in [5.41, 5.74) is 3.62. The third kappa shape index (κ3) is 2.26. The van der Waals surface area contributed by atoms with Crippen LogP contribution in [0.3, 0.4) is 0 Å². The second kappa shape index (κ2) is 4.86. The SMILES string of the molecule is [NH3+]CCNC(=O)c1nc(-c2cccs2)no1. The molecule has 0 saturated carbocycles. The van der Waals surface area contributed by atoms with Gasteiger partial charge in [0.1, 0.15) is 0 Å². The number of quaternary nitrogens is 1. The zero-order chi connectivity index (χ0) is 11.4. The van der Waals surface area contributed by atoms with Crippen molar-refractivity contribution in [1.82, 2.24) is 15.5 Å². The van der Waals surface area contributed by atoms with Crippen LogP contribution in [0.25, 0.3) is 10.7 Å². The molecule has 16 heavy (non-hydrogen) atoms. The summed E-state index contributed by atoms with van der Waals surface area (Å²) in [5, 5.41) is 8.26. The number of amides is 1. The zero-order valence-electron chi connectivity index (χ0n) is 8.47. The molecule has 0 atom stereocenters. The number of hydrogen-bond donors (Lipinski definition) is 2. The molecule has 0 spiro atoms. The average Bonchev–Trinajstić information content (AvgIpc) is 2.94. The first-order chi connectivity index (χ1) is 7.81. The van der Waals surface area contributed by atoms with Crippen LogP contribution in [0.1, 0.15) is 10.7 Å². The fraction of sp³-hybridized carbons (Fsp3) is 0.222. The smallest absolute Gasteiger partial charge is 0.316 e. The van der Waals surface area contributed by atoms with Gasteiger partial charge >= 0.3 is 11.8 Å². The van der Waals surface area contributed by atoms with Crippen molar-refractivity contribution in [1.29, 1.82) is 0 Å². The van der Waals surface area contributed by atoms with Gasteiger partial charge in [-0.15, -0.1) is 11.3 Å². The Morgan fingerprint density at radius 1 is 1.62 bits per heavy atom. The Kier molecular flexibility index (Phi) is 3.28. The molecule has 1 amide bonds. The minimum Gasteiger partial charge on any atom is -0.356 e. The highest BCUT2D eigenvalue weighted by atomic mass is 32.1. The molecular weight excluding hydrogens is 228 g/mol. The normalized spacial score (nSPS) is 10.3. The molecule has 84 valence electrons. The molecule has 0 aliphatic rings. The van der Waals surface area contributed by atoms with Gasteiger partial charge in [0.15, 0.2) is 0 Å². The van der Waals surface area contributed by atoms with Crippen molar-refractivity contribution in [3.8, 4) is 10.7 Å². The summed E-state index contributed by atoms with van der Waals surface area (Å²) >= 11 is 1.49. The van der Waals surface area contributed by atoms with E-state index in [9.17, 15) is 4.79 Å². The van der Waals surface area contributed by atoms with E-state index in [1.54, 1.807) is 0 Å². The number of hydrogen-bond acceptors (Lipinski definition) is 5.